The standard InChI is InChI=1S/C15H20BN2O2/c1-11(17-12(2)20)7-13-3-5-14(6-4-13)15-8-18(9-15)16-10-19/h3-6,10-11,15H,7-9H2,1-2H3,(H,17,20). The van der Waals surface area contributed by atoms with Crippen LogP contribution in [0.4, 0.5) is 0 Å². The highest BCUT2D eigenvalue weighted by Gasteiger charge is 2.27. The molecule has 0 spiro atoms. The summed E-state index contributed by atoms with van der Waals surface area (Å²) in [5, 5.41) is 2.89. The second kappa shape index (κ2) is 6.70. The molecule has 0 saturated carbocycles. The molecule has 4 nitrogen and oxygen atoms in total. The second-order valence-corrected chi connectivity index (χ2v) is 5.48. The number of rotatable bonds is 6. The molecular weight excluding hydrogens is 251 g/mol. The third-order valence-electron chi connectivity index (χ3n) is 3.62. The van der Waals surface area contributed by atoms with Crippen molar-refractivity contribution in [3.05, 3.63) is 35.4 Å². The van der Waals surface area contributed by atoms with E-state index in [0.717, 1.165) is 25.7 Å². The fourth-order valence-electron chi connectivity index (χ4n) is 2.61. The molecule has 1 aromatic carbocycles. The van der Waals surface area contributed by atoms with E-state index in [1.807, 2.05) is 11.7 Å². The number of nitrogens with zero attached hydrogens (tertiary/aromatic N) is 1. The molecule has 1 radical (unpaired) electrons. The number of hydrogen-bond acceptors (Lipinski definition) is 3. The van der Waals surface area contributed by atoms with Gasteiger partial charge in [0.15, 0.2) is 0 Å². The summed E-state index contributed by atoms with van der Waals surface area (Å²) >= 11 is 0. The largest absolute Gasteiger partial charge is 0.354 e. The van der Waals surface area contributed by atoms with Gasteiger partial charge in [0.05, 0.1) is 6.19 Å². The van der Waals surface area contributed by atoms with Crippen LogP contribution in [-0.4, -0.2) is 43.4 Å². The highest BCUT2D eigenvalue weighted by Crippen LogP contribution is 2.26. The zero-order valence-electron chi connectivity index (χ0n) is 12.0. The minimum atomic E-state index is 0.00936. The Hall–Kier alpha value is -1.62. The number of hydrogen-bond donors (Lipinski definition) is 1. The van der Waals surface area contributed by atoms with Gasteiger partial charge in [-0.05, 0) is 37.6 Å². The number of amides is 1. The van der Waals surface area contributed by atoms with Gasteiger partial charge >= 0.3 is 0 Å². The monoisotopic (exact) mass is 271 g/mol. The van der Waals surface area contributed by atoms with Crippen LogP contribution in [0.5, 0.6) is 0 Å². The van der Waals surface area contributed by atoms with Crippen LogP contribution in [0.3, 0.4) is 0 Å². The summed E-state index contributed by atoms with van der Waals surface area (Å²) in [5.74, 6) is 0.531. The van der Waals surface area contributed by atoms with Gasteiger partial charge in [-0.2, -0.15) is 0 Å². The molecule has 0 bridgehead atoms. The van der Waals surface area contributed by atoms with E-state index in [0.29, 0.717) is 5.92 Å². The fraction of sp³-hybridized carbons (Fsp3) is 0.467. The lowest BCUT2D eigenvalue weighted by Gasteiger charge is -2.38. The molecule has 1 N–H and O–H groups in total. The second-order valence-electron chi connectivity index (χ2n) is 5.48. The van der Waals surface area contributed by atoms with Crippen LogP contribution in [0, 0.1) is 0 Å². The maximum Gasteiger partial charge on any atom is 0.293 e. The average molecular weight is 271 g/mol. The minimum absolute atomic E-state index is 0.00936. The van der Waals surface area contributed by atoms with E-state index in [4.69, 9.17) is 0 Å². The van der Waals surface area contributed by atoms with E-state index in [-0.39, 0.29) is 11.9 Å². The Morgan fingerprint density at radius 1 is 1.45 bits per heavy atom. The smallest absolute Gasteiger partial charge is 0.293 e. The summed E-state index contributed by atoms with van der Waals surface area (Å²) in [6.07, 6.45) is 1.68. The number of carbonyl (C=O) groups is 2. The Morgan fingerprint density at radius 2 is 2.10 bits per heavy atom. The van der Waals surface area contributed by atoms with Crippen molar-refractivity contribution < 1.29 is 9.59 Å². The maximum absolute atomic E-state index is 11.0. The molecule has 1 aliphatic heterocycles. The van der Waals surface area contributed by atoms with Crippen molar-refractivity contribution in [3.8, 4) is 0 Å². The SMILES string of the molecule is CC(=O)NC(C)Cc1ccc(C2CN([B]C=O)C2)cc1. The normalized spacial score (nSPS) is 17.1. The van der Waals surface area contributed by atoms with Crippen LogP contribution in [0.2, 0.25) is 0 Å². The predicted octanol–water partition coefficient (Wildman–Crippen LogP) is 0.962. The van der Waals surface area contributed by atoms with Crippen molar-refractivity contribution in [2.75, 3.05) is 13.1 Å². The lowest BCUT2D eigenvalue weighted by atomic mass is 9.81. The Morgan fingerprint density at radius 3 is 2.65 bits per heavy atom. The van der Waals surface area contributed by atoms with E-state index in [1.165, 1.54) is 18.1 Å². The zero-order valence-corrected chi connectivity index (χ0v) is 12.0. The van der Waals surface area contributed by atoms with Crippen molar-refractivity contribution >= 4 is 19.5 Å². The van der Waals surface area contributed by atoms with E-state index in [9.17, 15) is 9.59 Å². The average Bonchev–Trinajstić information content (AvgIpc) is 2.33. The number of benzene rings is 1. The first-order valence-corrected chi connectivity index (χ1v) is 6.97. The highest BCUT2D eigenvalue weighted by atomic mass is 16.1. The molecule has 1 heterocycles. The third-order valence-corrected chi connectivity index (χ3v) is 3.62. The van der Waals surface area contributed by atoms with Crippen LogP contribution < -0.4 is 5.32 Å². The molecule has 105 valence electrons. The van der Waals surface area contributed by atoms with E-state index in [1.54, 1.807) is 7.41 Å². The molecule has 1 atom stereocenters. The molecule has 1 saturated heterocycles. The van der Waals surface area contributed by atoms with Gasteiger partial charge in [0, 0.05) is 18.9 Å². The summed E-state index contributed by atoms with van der Waals surface area (Å²) < 4.78 is 0. The maximum atomic E-state index is 11.0. The van der Waals surface area contributed by atoms with Crippen molar-refractivity contribution in [1.29, 1.82) is 0 Å². The van der Waals surface area contributed by atoms with E-state index < -0.39 is 0 Å². The molecular formula is C15H20BN2O2. The van der Waals surface area contributed by atoms with Crippen LogP contribution in [-0.2, 0) is 16.0 Å². The molecule has 0 aromatic heterocycles. The quantitative estimate of drug-likeness (QED) is 0.619. The van der Waals surface area contributed by atoms with Gasteiger partial charge < -0.3 is 14.9 Å². The Bertz CT molecular complexity index is 469. The van der Waals surface area contributed by atoms with Crippen molar-refractivity contribution in [2.45, 2.75) is 32.2 Å². The Kier molecular flexibility index (Phi) is 4.96. The number of nitrogens with one attached hydrogen (secondary N) is 1. The molecule has 1 aliphatic rings. The van der Waals surface area contributed by atoms with Crippen molar-refractivity contribution in [3.63, 3.8) is 0 Å². The molecule has 1 amide bonds. The van der Waals surface area contributed by atoms with Crippen LogP contribution in [0.1, 0.15) is 30.9 Å². The lowest BCUT2D eigenvalue weighted by Crippen LogP contribution is -2.47. The number of carbonyl (C=O) groups excluding carboxylic acids is 2. The summed E-state index contributed by atoms with van der Waals surface area (Å²) in [5.41, 5.74) is 2.54. The van der Waals surface area contributed by atoms with Gasteiger partial charge in [-0.3, -0.25) is 4.79 Å². The minimum Gasteiger partial charge on any atom is -0.354 e. The van der Waals surface area contributed by atoms with Gasteiger partial charge in [-0.1, -0.05) is 24.3 Å². The van der Waals surface area contributed by atoms with Gasteiger partial charge in [0.1, 0.15) is 0 Å². The molecule has 2 rings (SSSR count). The van der Waals surface area contributed by atoms with E-state index in [2.05, 4.69) is 29.6 Å². The van der Waals surface area contributed by atoms with Crippen molar-refractivity contribution in [1.82, 2.24) is 10.1 Å². The molecule has 20 heavy (non-hydrogen) atoms. The van der Waals surface area contributed by atoms with Gasteiger partial charge in [0.25, 0.3) is 7.41 Å². The van der Waals surface area contributed by atoms with Gasteiger partial charge in [-0.15, -0.1) is 0 Å². The first-order chi connectivity index (χ1) is 9.58. The first kappa shape index (κ1) is 14.8. The predicted molar refractivity (Wildman–Crippen MR) is 80.2 cm³/mol. The third kappa shape index (κ3) is 3.94. The molecule has 5 heteroatoms. The summed E-state index contributed by atoms with van der Waals surface area (Å²) in [4.78, 5) is 23.3. The fourth-order valence-corrected chi connectivity index (χ4v) is 2.61. The first-order valence-electron chi connectivity index (χ1n) is 6.97. The molecule has 1 fully saturated rings. The summed E-state index contributed by atoms with van der Waals surface area (Å²) in [6.45, 7) is 5.38. The van der Waals surface area contributed by atoms with Crippen LogP contribution in [0.25, 0.3) is 0 Å². The Balaban J connectivity index is 1.84. The summed E-state index contributed by atoms with van der Waals surface area (Å²) in [6, 6.07) is 8.71. The van der Waals surface area contributed by atoms with Crippen molar-refractivity contribution in [2.24, 2.45) is 0 Å². The summed E-state index contributed by atoms with van der Waals surface area (Å²) in [7, 11) is 1.60. The van der Waals surface area contributed by atoms with Crippen LogP contribution in [0.15, 0.2) is 24.3 Å². The topological polar surface area (TPSA) is 49.4 Å². The lowest BCUT2D eigenvalue weighted by molar-refractivity contribution is -0.119. The van der Waals surface area contributed by atoms with E-state index >= 15 is 0 Å². The van der Waals surface area contributed by atoms with Crippen LogP contribution >= 0.6 is 0 Å². The highest BCUT2D eigenvalue weighted by molar-refractivity contribution is 6.64. The molecule has 0 aliphatic carbocycles. The van der Waals surface area contributed by atoms with Gasteiger partial charge in [-0.25, -0.2) is 0 Å². The van der Waals surface area contributed by atoms with Gasteiger partial charge in [0.2, 0.25) is 5.91 Å². The zero-order chi connectivity index (χ0) is 14.5. The molecule has 1 unspecified atom stereocenters. The molecule has 1 aromatic rings. The Labute approximate surface area is 120 Å².